The molecule has 3 N–H and O–H groups in total. The van der Waals surface area contributed by atoms with Crippen molar-refractivity contribution in [3.8, 4) is 0 Å². The lowest BCUT2D eigenvalue weighted by atomic mass is 10.0. The second-order valence-corrected chi connectivity index (χ2v) is 22.4. The number of carbonyl (C=O) groups is 5. The summed E-state index contributed by atoms with van der Waals surface area (Å²) in [7, 11) is -1.04. The number of nitrogens with zero attached hydrogens (tertiary/aromatic N) is 2. The van der Waals surface area contributed by atoms with Gasteiger partial charge < -0.3 is 29.8 Å². The number of amides is 4. The van der Waals surface area contributed by atoms with Crippen LogP contribution in [0, 0.1) is 0 Å². The van der Waals surface area contributed by atoms with Crippen molar-refractivity contribution in [2.24, 2.45) is 7.05 Å². The lowest BCUT2D eigenvalue weighted by Crippen LogP contribution is -2.68. The van der Waals surface area contributed by atoms with Crippen molar-refractivity contribution in [1.82, 2.24) is 25.4 Å². The van der Waals surface area contributed by atoms with E-state index in [1.54, 1.807) is 11.0 Å². The highest BCUT2D eigenvalue weighted by atomic mass is 28.4. The number of aryl methyl sites for hydroxylation is 1. The van der Waals surface area contributed by atoms with Gasteiger partial charge in [-0.2, -0.15) is 0 Å². The van der Waals surface area contributed by atoms with Crippen LogP contribution in [0.15, 0.2) is 133 Å². The SMILES string of the molecule is C[C@@H](O[Si](c1ccccc1)(c1ccccc1)C(C)(C)C)C(=O)CC=CCC[C@@H]1NC(=O)[C@H]2CCCN2C(=O)[C@H](Cc2ccccc2)NC(=O)[C@H](Cc2cc3ccccc3n2C)NC1=O. The third kappa shape index (κ3) is 10.1. The van der Waals surface area contributed by atoms with E-state index in [1.807, 2.05) is 122 Å². The van der Waals surface area contributed by atoms with E-state index in [1.165, 1.54) is 0 Å². The van der Waals surface area contributed by atoms with Gasteiger partial charge in [0.05, 0.1) is 0 Å². The molecule has 11 nitrogen and oxygen atoms in total. The summed E-state index contributed by atoms with van der Waals surface area (Å²) in [5, 5.41) is 11.8. The Morgan fingerprint density at radius 3 is 1.97 bits per heavy atom. The Morgan fingerprint density at radius 1 is 0.750 bits per heavy atom. The second-order valence-electron chi connectivity index (χ2n) is 18.2. The fourth-order valence-corrected chi connectivity index (χ4v) is 14.0. The summed E-state index contributed by atoms with van der Waals surface area (Å²) in [5.74, 6) is -1.79. The van der Waals surface area contributed by atoms with Gasteiger partial charge in [-0.25, -0.2) is 0 Å². The zero-order chi connectivity index (χ0) is 45.4. The molecule has 1 aromatic heterocycles. The number of nitrogens with one attached hydrogen (secondary N) is 3. The summed E-state index contributed by atoms with van der Waals surface area (Å²) in [6.07, 6.45) is 5.08. The van der Waals surface area contributed by atoms with Crippen molar-refractivity contribution in [2.45, 2.75) is 108 Å². The van der Waals surface area contributed by atoms with E-state index < -0.39 is 56.3 Å². The van der Waals surface area contributed by atoms with Crippen LogP contribution in [0.25, 0.3) is 10.9 Å². The predicted octanol–water partition coefficient (Wildman–Crippen LogP) is 5.68. The summed E-state index contributed by atoms with van der Waals surface area (Å²) in [4.78, 5) is 72.5. The van der Waals surface area contributed by atoms with Crippen LogP contribution in [0.2, 0.25) is 5.04 Å². The lowest BCUT2D eigenvalue weighted by Gasteiger charge is -2.44. The first kappa shape index (κ1) is 45.9. The van der Waals surface area contributed by atoms with Crippen molar-refractivity contribution in [3.05, 3.63) is 145 Å². The minimum Gasteiger partial charge on any atom is -0.398 e. The van der Waals surface area contributed by atoms with Crippen LogP contribution in [0.1, 0.15) is 71.1 Å². The lowest BCUT2D eigenvalue weighted by molar-refractivity contribution is -0.143. The number of rotatable bonds is 14. The maximum absolute atomic E-state index is 14.4. The van der Waals surface area contributed by atoms with Crippen LogP contribution in [-0.4, -0.2) is 84.0 Å². The van der Waals surface area contributed by atoms with Gasteiger partial charge in [0, 0.05) is 44.1 Å². The molecular weight excluding hydrogens is 819 g/mol. The van der Waals surface area contributed by atoms with Gasteiger partial charge in [-0.1, -0.05) is 142 Å². The number of benzene rings is 4. The number of ketones is 1. The summed E-state index contributed by atoms with van der Waals surface area (Å²) in [6.45, 7) is 8.72. The number of hydrogen-bond acceptors (Lipinski definition) is 6. The minimum absolute atomic E-state index is 0.0694. The number of aromatic nitrogens is 1. The Balaban J connectivity index is 1.09. The molecule has 2 fully saturated rings. The highest BCUT2D eigenvalue weighted by Gasteiger charge is 2.51. The summed E-state index contributed by atoms with van der Waals surface area (Å²) in [5.41, 5.74) is 2.66. The normalized spacial score (nSPS) is 20.5. The first-order valence-corrected chi connectivity index (χ1v) is 24.4. The van der Waals surface area contributed by atoms with Crippen molar-refractivity contribution in [1.29, 1.82) is 0 Å². The molecule has 64 heavy (non-hydrogen) atoms. The van der Waals surface area contributed by atoms with Crippen LogP contribution in [0.4, 0.5) is 0 Å². The van der Waals surface area contributed by atoms with Crippen LogP contribution in [0.3, 0.4) is 0 Å². The van der Waals surface area contributed by atoms with Crippen LogP contribution >= 0.6 is 0 Å². The number of Topliss-reactive ketones (excluding diaryl/α,β-unsaturated/α-hetero) is 1. The molecule has 2 saturated heterocycles. The molecule has 2 aliphatic rings. The van der Waals surface area contributed by atoms with Gasteiger partial charge in [-0.3, -0.25) is 24.0 Å². The Hall–Kier alpha value is -6.11. The predicted molar refractivity (Wildman–Crippen MR) is 253 cm³/mol. The molecule has 0 aliphatic carbocycles. The first-order chi connectivity index (χ1) is 30.8. The Labute approximate surface area is 377 Å². The quantitative estimate of drug-likeness (QED) is 0.0970. The van der Waals surface area contributed by atoms with Crippen LogP contribution in [-0.2, 0) is 48.3 Å². The molecular formula is C52H61N5O6Si. The molecule has 4 aromatic carbocycles. The Morgan fingerprint density at radius 2 is 1.33 bits per heavy atom. The average molecular weight is 880 g/mol. The van der Waals surface area contributed by atoms with E-state index in [0.717, 1.165) is 32.5 Å². The molecule has 0 bridgehead atoms. The molecule has 12 heteroatoms. The van der Waals surface area contributed by atoms with E-state index in [2.05, 4.69) is 61.0 Å². The number of hydrogen-bond donors (Lipinski definition) is 3. The summed E-state index contributed by atoms with van der Waals surface area (Å²) in [6, 6.07) is 36.0. The van der Waals surface area contributed by atoms with Gasteiger partial charge in [0.15, 0.2) is 5.78 Å². The average Bonchev–Trinajstić information content (AvgIpc) is 3.91. The number of para-hydroxylation sites is 1. The maximum Gasteiger partial charge on any atom is 0.262 e. The number of carbonyl (C=O) groups excluding carboxylic acids is 5. The molecule has 5 atom stereocenters. The number of allylic oxidation sites excluding steroid dienone is 2. The topological polar surface area (TPSA) is 139 Å². The van der Waals surface area contributed by atoms with E-state index >= 15 is 0 Å². The van der Waals surface area contributed by atoms with Gasteiger partial charge in [0.2, 0.25) is 23.6 Å². The smallest absolute Gasteiger partial charge is 0.262 e. The van der Waals surface area contributed by atoms with E-state index in [-0.39, 0.29) is 42.4 Å². The molecule has 0 saturated carbocycles. The summed E-state index contributed by atoms with van der Waals surface area (Å²) < 4.78 is 9.04. The zero-order valence-corrected chi connectivity index (χ0v) is 38.6. The molecule has 3 heterocycles. The molecule has 7 rings (SSSR count). The fraction of sp³-hybridized carbons (Fsp3) is 0.365. The third-order valence-corrected chi connectivity index (χ3v) is 17.9. The van der Waals surface area contributed by atoms with Crippen molar-refractivity contribution < 1.29 is 28.4 Å². The second kappa shape index (κ2) is 20.2. The van der Waals surface area contributed by atoms with Crippen LogP contribution < -0.4 is 26.3 Å². The highest BCUT2D eigenvalue weighted by Crippen LogP contribution is 2.37. The molecule has 0 radical (unpaired) electrons. The fourth-order valence-electron chi connectivity index (χ4n) is 9.36. The highest BCUT2D eigenvalue weighted by molar-refractivity contribution is 6.99. The van der Waals surface area contributed by atoms with Crippen molar-refractivity contribution in [2.75, 3.05) is 6.54 Å². The molecule has 5 aromatic rings. The standard InChI is InChI=1S/C52H61N5O6Si/c1-36(63-64(52(2,3)4,40-24-12-7-13-25-40)41-26-14-8-15-27-41)47(58)31-17-9-16-28-42-48(59)54-43(35-39-34-38-23-18-19-29-45(38)56(39)5)49(60)55-44(33-37-21-10-6-11-22-37)51(62)57-32-20-30-46(57)50(61)53-42/h6-15,17-19,21-27,29,34,36,42-44,46H,16,20,28,30-33,35H2,1-5H3,(H,53,61)(H,54,59)(H,55,60)/t36-,42+,43+,44+,46-/m1/s1. The van der Waals surface area contributed by atoms with Gasteiger partial charge in [-0.15, -0.1) is 0 Å². The number of fused-ring (bicyclic) bond motifs is 2. The third-order valence-electron chi connectivity index (χ3n) is 12.8. The Bertz CT molecular complexity index is 2430. The van der Waals surface area contributed by atoms with Crippen molar-refractivity contribution >= 4 is 59.0 Å². The van der Waals surface area contributed by atoms with Gasteiger partial charge in [0.1, 0.15) is 30.3 Å². The molecule has 4 amide bonds. The van der Waals surface area contributed by atoms with E-state index in [9.17, 15) is 24.0 Å². The van der Waals surface area contributed by atoms with E-state index in [0.29, 0.717) is 25.8 Å². The Kier molecular flexibility index (Phi) is 14.5. The molecule has 2 aliphatic heterocycles. The largest absolute Gasteiger partial charge is 0.398 e. The molecule has 0 spiro atoms. The maximum atomic E-state index is 14.4. The van der Waals surface area contributed by atoms with Gasteiger partial charge in [-0.05, 0) is 71.1 Å². The summed E-state index contributed by atoms with van der Waals surface area (Å²) >= 11 is 0. The van der Waals surface area contributed by atoms with Crippen molar-refractivity contribution in [3.63, 3.8) is 0 Å². The molecule has 334 valence electrons. The van der Waals surface area contributed by atoms with E-state index in [4.69, 9.17) is 4.43 Å². The first-order valence-electron chi connectivity index (χ1n) is 22.5. The minimum atomic E-state index is -2.96. The zero-order valence-electron chi connectivity index (χ0n) is 37.6. The monoisotopic (exact) mass is 879 g/mol. The van der Waals surface area contributed by atoms with Gasteiger partial charge >= 0.3 is 0 Å². The van der Waals surface area contributed by atoms with Crippen LogP contribution in [0.5, 0.6) is 0 Å². The van der Waals surface area contributed by atoms with Gasteiger partial charge in [0.25, 0.3) is 8.32 Å². The molecule has 0 unspecified atom stereocenters.